The van der Waals surface area contributed by atoms with E-state index in [1.165, 1.54) is 6.42 Å². The third kappa shape index (κ3) is 2.48. The minimum absolute atomic E-state index is 0.0194. The van der Waals surface area contributed by atoms with E-state index in [-0.39, 0.29) is 11.9 Å². The molecule has 1 rings (SSSR count). The molecule has 70 valence electrons. The number of hydrogen-bond donors (Lipinski definition) is 2. The molecule has 2 unspecified atom stereocenters. The maximum Gasteiger partial charge on any atom is 0.236 e. The van der Waals surface area contributed by atoms with E-state index in [0.717, 1.165) is 18.8 Å². The molecule has 0 aliphatic heterocycles. The van der Waals surface area contributed by atoms with Gasteiger partial charge in [0, 0.05) is 6.04 Å². The van der Waals surface area contributed by atoms with Gasteiger partial charge in [0.1, 0.15) is 0 Å². The first-order valence-corrected chi connectivity index (χ1v) is 4.65. The number of nitrogens with one attached hydrogen (secondary N) is 1. The Hall–Kier alpha value is -0.570. The van der Waals surface area contributed by atoms with Gasteiger partial charge in [-0.15, -0.1) is 0 Å². The highest BCUT2D eigenvalue weighted by atomic mass is 16.2. The predicted molar refractivity (Wildman–Crippen MR) is 48.6 cm³/mol. The van der Waals surface area contributed by atoms with Crippen LogP contribution in [0.25, 0.3) is 0 Å². The first-order chi connectivity index (χ1) is 5.59. The normalized spacial score (nSPS) is 31.6. The predicted octanol–water partition coefficient (Wildman–Crippen LogP) is 0.638. The molecule has 0 radical (unpaired) electrons. The molecule has 0 spiro atoms. The Kier molecular flexibility index (Phi) is 3.09. The van der Waals surface area contributed by atoms with Crippen molar-refractivity contribution < 1.29 is 4.79 Å². The highest BCUT2D eigenvalue weighted by molar-refractivity contribution is 5.81. The maximum absolute atomic E-state index is 11.2. The van der Waals surface area contributed by atoms with E-state index < -0.39 is 0 Å². The van der Waals surface area contributed by atoms with Gasteiger partial charge in [0.05, 0.1) is 6.04 Å². The zero-order valence-electron chi connectivity index (χ0n) is 7.84. The van der Waals surface area contributed by atoms with E-state index in [1.807, 2.05) is 0 Å². The molecule has 0 bridgehead atoms. The third-order valence-electron chi connectivity index (χ3n) is 2.45. The van der Waals surface area contributed by atoms with Crippen molar-refractivity contribution in [2.75, 3.05) is 0 Å². The average molecular weight is 170 g/mol. The van der Waals surface area contributed by atoms with E-state index in [4.69, 9.17) is 5.73 Å². The van der Waals surface area contributed by atoms with Gasteiger partial charge in [-0.2, -0.15) is 0 Å². The lowest BCUT2D eigenvalue weighted by molar-refractivity contribution is -0.122. The first kappa shape index (κ1) is 9.52. The van der Waals surface area contributed by atoms with Crippen LogP contribution in [0.4, 0.5) is 0 Å². The molecule has 0 saturated heterocycles. The number of carbonyl (C=O) groups is 1. The molecule has 0 aromatic carbocycles. The van der Waals surface area contributed by atoms with Crippen molar-refractivity contribution in [3.8, 4) is 0 Å². The van der Waals surface area contributed by atoms with Gasteiger partial charge in [-0.05, 0) is 32.1 Å². The summed E-state index contributed by atoms with van der Waals surface area (Å²) >= 11 is 0. The Morgan fingerprint density at radius 1 is 1.58 bits per heavy atom. The minimum Gasteiger partial charge on any atom is -0.352 e. The Labute approximate surface area is 73.7 Å². The second-order valence-corrected chi connectivity index (χ2v) is 3.91. The third-order valence-corrected chi connectivity index (χ3v) is 2.45. The van der Waals surface area contributed by atoms with Gasteiger partial charge in [0.2, 0.25) is 5.91 Å². The molecule has 12 heavy (non-hydrogen) atoms. The topological polar surface area (TPSA) is 55.1 Å². The molecule has 3 atom stereocenters. The van der Waals surface area contributed by atoms with Crippen LogP contribution in [0.3, 0.4) is 0 Å². The van der Waals surface area contributed by atoms with Gasteiger partial charge in [-0.25, -0.2) is 0 Å². The molecule has 1 amide bonds. The van der Waals surface area contributed by atoms with E-state index in [9.17, 15) is 4.79 Å². The Morgan fingerprint density at radius 3 is 2.67 bits per heavy atom. The highest BCUT2D eigenvalue weighted by Gasteiger charge is 2.23. The van der Waals surface area contributed by atoms with Crippen LogP contribution in [0, 0.1) is 5.92 Å². The molecular formula is C9H18N2O. The van der Waals surface area contributed by atoms with Crippen molar-refractivity contribution in [1.82, 2.24) is 5.32 Å². The van der Waals surface area contributed by atoms with Crippen molar-refractivity contribution in [1.29, 1.82) is 0 Å². The molecule has 0 aromatic rings. The summed E-state index contributed by atoms with van der Waals surface area (Å²) in [6.07, 6.45) is 3.45. The zero-order valence-corrected chi connectivity index (χ0v) is 7.84. The summed E-state index contributed by atoms with van der Waals surface area (Å²) in [6, 6.07) is -0.000550. The van der Waals surface area contributed by atoms with Crippen LogP contribution in [0.2, 0.25) is 0 Å². The monoisotopic (exact) mass is 170 g/mol. The van der Waals surface area contributed by atoms with Gasteiger partial charge in [0.25, 0.3) is 0 Å². The van der Waals surface area contributed by atoms with E-state index >= 15 is 0 Å². The Balaban J connectivity index is 2.28. The molecule has 0 heterocycles. The molecule has 3 heteroatoms. The van der Waals surface area contributed by atoms with Crippen LogP contribution in [-0.2, 0) is 4.79 Å². The Bertz CT molecular complexity index is 168. The van der Waals surface area contributed by atoms with Crippen LogP contribution in [0.1, 0.15) is 33.1 Å². The number of nitrogens with two attached hydrogens (primary N) is 1. The smallest absolute Gasteiger partial charge is 0.236 e. The molecule has 1 aliphatic rings. The zero-order chi connectivity index (χ0) is 9.14. The average Bonchev–Trinajstić information content (AvgIpc) is 2.35. The Morgan fingerprint density at radius 2 is 2.25 bits per heavy atom. The van der Waals surface area contributed by atoms with Crippen molar-refractivity contribution in [3.05, 3.63) is 0 Å². The van der Waals surface area contributed by atoms with Crippen LogP contribution in [-0.4, -0.2) is 18.0 Å². The minimum atomic E-state index is -0.374. The van der Waals surface area contributed by atoms with Gasteiger partial charge in [-0.1, -0.05) is 6.92 Å². The van der Waals surface area contributed by atoms with E-state index in [0.29, 0.717) is 6.04 Å². The van der Waals surface area contributed by atoms with Crippen LogP contribution < -0.4 is 11.1 Å². The molecular weight excluding hydrogens is 152 g/mol. The van der Waals surface area contributed by atoms with E-state index in [1.54, 1.807) is 6.92 Å². The summed E-state index contributed by atoms with van der Waals surface area (Å²) < 4.78 is 0. The summed E-state index contributed by atoms with van der Waals surface area (Å²) in [5.41, 5.74) is 5.44. The van der Waals surface area contributed by atoms with Gasteiger partial charge in [0.15, 0.2) is 0 Å². The fourth-order valence-electron chi connectivity index (χ4n) is 1.67. The van der Waals surface area contributed by atoms with Crippen molar-refractivity contribution >= 4 is 5.91 Å². The SMILES string of the molecule is CC1CCC(NC(=O)[C@H](C)N)C1. The van der Waals surface area contributed by atoms with Gasteiger partial charge >= 0.3 is 0 Å². The lowest BCUT2D eigenvalue weighted by atomic mass is 10.1. The fraction of sp³-hybridized carbons (Fsp3) is 0.889. The molecule has 0 aromatic heterocycles. The largest absolute Gasteiger partial charge is 0.352 e. The molecule has 1 fully saturated rings. The van der Waals surface area contributed by atoms with Crippen LogP contribution in [0.5, 0.6) is 0 Å². The van der Waals surface area contributed by atoms with E-state index in [2.05, 4.69) is 12.2 Å². The molecule has 3 nitrogen and oxygen atoms in total. The first-order valence-electron chi connectivity index (χ1n) is 4.65. The van der Waals surface area contributed by atoms with Crippen LogP contribution in [0.15, 0.2) is 0 Å². The number of rotatable bonds is 2. The molecule has 1 saturated carbocycles. The summed E-state index contributed by atoms with van der Waals surface area (Å²) in [4.78, 5) is 11.2. The van der Waals surface area contributed by atoms with Gasteiger partial charge < -0.3 is 11.1 Å². The molecule has 3 N–H and O–H groups in total. The van der Waals surface area contributed by atoms with Crippen LogP contribution >= 0.6 is 0 Å². The highest BCUT2D eigenvalue weighted by Crippen LogP contribution is 2.24. The maximum atomic E-state index is 11.2. The molecule has 1 aliphatic carbocycles. The lowest BCUT2D eigenvalue weighted by Crippen LogP contribution is -2.42. The summed E-state index contributed by atoms with van der Waals surface area (Å²) in [5, 5.41) is 2.94. The number of carbonyl (C=O) groups excluding carboxylic acids is 1. The fourth-order valence-corrected chi connectivity index (χ4v) is 1.67. The quantitative estimate of drug-likeness (QED) is 0.639. The summed E-state index contributed by atoms with van der Waals surface area (Å²) in [7, 11) is 0. The summed E-state index contributed by atoms with van der Waals surface area (Å²) in [5.74, 6) is 0.734. The van der Waals surface area contributed by atoms with Gasteiger partial charge in [-0.3, -0.25) is 4.79 Å². The van der Waals surface area contributed by atoms with Crippen molar-refractivity contribution in [2.24, 2.45) is 11.7 Å². The second kappa shape index (κ2) is 3.90. The van der Waals surface area contributed by atoms with Crippen molar-refractivity contribution in [2.45, 2.75) is 45.2 Å². The lowest BCUT2D eigenvalue weighted by Gasteiger charge is -2.13. The van der Waals surface area contributed by atoms with Crippen molar-refractivity contribution in [3.63, 3.8) is 0 Å². The number of hydrogen-bond acceptors (Lipinski definition) is 2. The standard InChI is InChI=1S/C9H18N2O/c1-6-3-4-8(5-6)11-9(12)7(2)10/h6-8H,3-5,10H2,1-2H3,(H,11,12)/t6?,7-,8?/m0/s1. The second-order valence-electron chi connectivity index (χ2n) is 3.91. The number of amides is 1. The summed E-state index contributed by atoms with van der Waals surface area (Å²) in [6.45, 7) is 3.94.